The Morgan fingerprint density at radius 1 is 0.971 bits per heavy atom. The molecule has 178 valence electrons. The SMILES string of the molecule is COc1ccc(OC)c(NC(=O)C(=O)[C@H](C(=O)c2ccccc2F)[C@@H]2OC(=O)c3ccccc32)c1. The molecule has 0 aliphatic carbocycles. The van der Waals surface area contributed by atoms with Crippen molar-refractivity contribution in [2.45, 2.75) is 6.10 Å². The van der Waals surface area contributed by atoms with Gasteiger partial charge in [0, 0.05) is 11.6 Å². The maximum absolute atomic E-state index is 14.5. The van der Waals surface area contributed by atoms with Gasteiger partial charge in [0.1, 0.15) is 29.3 Å². The fourth-order valence-electron chi connectivity index (χ4n) is 3.88. The van der Waals surface area contributed by atoms with Crippen molar-refractivity contribution < 1.29 is 37.8 Å². The molecule has 1 N–H and O–H groups in total. The van der Waals surface area contributed by atoms with Gasteiger partial charge in [0.15, 0.2) is 5.78 Å². The highest BCUT2D eigenvalue weighted by atomic mass is 19.1. The number of carbonyl (C=O) groups excluding carboxylic acids is 4. The van der Waals surface area contributed by atoms with E-state index in [1.165, 1.54) is 56.7 Å². The van der Waals surface area contributed by atoms with Crippen LogP contribution >= 0.6 is 0 Å². The molecule has 0 unspecified atom stereocenters. The maximum atomic E-state index is 14.5. The Morgan fingerprint density at radius 3 is 2.40 bits per heavy atom. The lowest BCUT2D eigenvalue weighted by Gasteiger charge is -2.21. The van der Waals surface area contributed by atoms with Crippen LogP contribution in [-0.4, -0.2) is 37.7 Å². The average Bonchev–Trinajstić information content (AvgIpc) is 3.20. The highest BCUT2D eigenvalue weighted by molar-refractivity contribution is 6.45. The fraction of sp³-hybridized carbons (Fsp3) is 0.154. The summed E-state index contributed by atoms with van der Waals surface area (Å²) in [7, 11) is 2.80. The zero-order chi connectivity index (χ0) is 25.1. The molecule has 8 nitrogen and oxygen atoms in total. The topological polar surface area (TPSA) is 108 Å². The summed E-state index contributed by atoms with van der Waals surface area (Å²) in [6.07, 6.45) is -1.41. The monoisotopic (exact) mass is 477 g/mol. The van der Waals surface area contributed by atoms with Gasteiger partial charge in [-0.25, -0.2) is 9.18 Å². The van der Waals surface area contributed by atoms with Gasteiger partial charge in [0.05, 0.1) is 31.0 Å². The van der Waals surface area contributed by atoms with E-state index >= 15 is 0 Å². The van der Waals surface area contributed by atoms with Crippen LogP contribution in [0.2, 0.25) is 0 Å². The summed E-state index contributed by atoms with van der Waals surface area (Å²) in [5.74, 6) is -6.20. The largest absolute Gasteiger partial charge is 0.497 e. The number of anilines is 1. The molecule has 1 amide bonds. The van der Waals surface area contributed by atoms with Gasteiger partial charge in [-0.2, -0.15) is 0 Å². The van der Waals surface area contributed by atoms with Crippen molar-refractivity contribution in [3.63, 3.8) is 0 Å². The average molecular weight is 477 g/mol. The number of rotatable bonds is 8. The van der Waals surface area contributed by atoms with Gasteiger partial charge >= 0.3 is 5.97 Å². The van der Waals surface area contributed by atoms with E-state index in [0.717, 1.165) is 6.07 Å². The minimum atomic E-state index is -1.82. The number of carbonyl (C=O) groups is 4. The summed E-state index contributed by atoms with van der Waals surface area (Å²) in [5, 5.41) is 2.42. The van der Waals surface area contributed by atoms with E-state index in [1.54, 1.807) is 18.2 Å². The molecule has 4 rings (SSSR count). The van der Waals surface area contributed by atoms with Crippen LogP contribution in [0, 0.1) is 11.7 Å². The number of cyclic esters (lactones) is 1. The second kappa shape index (κ2) is 9.76. The second-order valence-corrected chi connectivity index (χ2v) is 7.62. The molecule has 0 saturated carbocycles. The molecule has 0 spiro atoms. The van der Waals surface area contributed by atoms with E-state index in [-0.39, 0.29) is 22.6 Å². The molecule has 0 bridgehead atoms. The number of benzene rings is 3. The standard InChI is InChI=1S/C26H20FNO7/c1-33-14-11-12-20(34-2)19(13-14)28-25(31)23(30)21(22(29)17-9-5-6-10-18(17)27)24-15-7-3-4-8-16(15)26(32)35-24/h3-13,21,24H,1-2H3,(H,28,31)/t21-,24+/m0/s1. The molecule has 2 atom stereocenters. The number of hydrogen-bond donors (Lipinski definition) is 1. The Morgan fingerprint density at radius 2 is 1.69 bits per heavy atom. The molecular formula is C26H20FNO7. The van der Waals surface area contributed by atoms with Crippen molar-refractivity contribution in [3.05, 3.63) is 89.2 Å². The smallest absolute Gasteiger partial charge is 0.339 e. The molecule has 0 aromatic heterocycles. The fourth-order valence-corrected chi connectivity index (χ4v) is 3.88. The summed E-state index contributed by atoms with van der Waals surface area (Å²) in [6.45, 7) is 0. The number of methoxy groups -OCH3 is 2. The molecule has 0 saturated heterocycles. The first-order chi connectivity index (χ1) is 16.8. The number of Topliss-reactive ketones (excluding diaryl/α,β-unsaturated/α-hetero) is 2. The van der Waals surface area contributed by atoms with Gasteiger partial charge < -0.3 is 19.5 Å². The summed E-state index contributed by atoms with van der Waals surface area (Å²) >= 11 is 0. The molecule has 9 heteroatoms. The molecular weight excluding hydrogens is 457 g/mol. The molecule has 1 heterocycles. The number of ketones is 2. The minimum Gasteiger partial charge on any atom is -0.497 e. The molecule has 0 radical (unpaired) electrons. The summed E-state index contributed by atoms with van der Waals surface area (Å²) in [6, 6.07) is 15.8. The van der Waals surface area contributed by atoms with Crippen molar-refractivity contribution in [2.24, 2.45) is 5.92 Å². The molecule has 1 aliphatic heterocycles. The van der Waals surface area contributed by atoms with Crippen LogP contribution in [0.15, 0.2) is 66.7 Å². The Kier molecular flexibility index (Phi) is 6.59. The number of nitrogens with one attached hydrogen (secondary N) is 1. The van der Waals surface area contributed by atoms with Gasteiger partial charge in [0.25, 0.3) is 5.91 Å². The zero-order valence-electron chi connectivity index (χ0n) is 18.7. The predicted octanol–water partition coefficient (Wildman–Crippen LogP) is 3.76. The number of hydrogen-bond acceptors (Lipinski definition) is 7. The van der Waals surface area contributed by atoms with E-state index in [1.807, 2.05) is 0 Å². The van der Waals surface area contributed by atoms with Crippen LogP contribution in [0.3, 0.4) is 0 Å². The number of esters is 1. The molecule has 35 heavy (non-hydrogen) atoms. The summed E-state index contributed by atoms with van der Waals surface area (Å²) < 4.78 is 30.2. The first-order valence-electron chi connectivity index (χ1n) is 10.5. The highest BCUT2D eigenvalue weighted by Crippen LogP contribution is 2.39. The van der Waals surface area contributed by atoms with Crippen LogP contribution in [0.4, 0.5) is 10.1 Å². The third-order valence-electron chi connectivity index (χ3n) is 5.61. The van der Waals surface area contributed by atoms with Crippen LogP contribution in [0.5, 0.6) is 11.5 Å². The Hall–Kier alpha value is -4.53. The molecule has 0 fully saturated rings. The predicted molar refractivity (Wildman–Crippen MR) is 122 cm³/mol. The third kappa shape index (κ3) is 4.48. The Balaban J connectivity index is 1.74. The van der Waals surface area contributed by atoms with Crippen LogP contribution in [0.1, 0.15) is 32.4 Å². The minimum absolute atomic E-state index is 0.117. The third-order valence-corrected chi connectivity index (χ3v) is 5.61. The van der Waals surface area contributed by atoms with Crippen molar-refractivity contribution in [1.29, 1.82) is 0 Å². The zero-order valence-corrected chi connectivity index (χ0v) is 18.7. The second-order valence-electron chi connectivity index (χ2n) is 7.62. The first-order valence-corrected chi connectivity index (χ1v) is 10.5. The lowest BCUT2D eigenvalue weighted by atomic mass is 9.84. The van der Waals surface area contributed by atoms with Gasteiger partial charge in [-0.15, -0.1) is 0 Å². The quantitative estimate of drug-likeness (QED) is 0.228. The van der Waals surface area contributed by atoms with E-state index in [9.17, 15) is 23.6 Å². The first kappa shape index (κ1) is 23.6. The van der Waals surface area contributed by atoms with Crippen molar-refractivity contribution >= 4 is 29.1 Å². The van der Waals surface area contributed by atoms with Gasteiger partial charge in [-0.3, -0.25) is 14.4 Å². The van der Waals surface area contributed by atoms with Crippen LogP contribution in [0.25, 0.3) is 0 Å². The van der Waals surface area contributed by atoms with E-state index in [4.69, 9.17) is 14.2 Å². The molecule has 1 aliphatic rings. The normalized spacial score (nSPS) is 14.9. The van der Waals surface area contributed by atoms with Crippen molar-refractivity contribution in [3.8, 4) is 11.5 Å². The highest BCUT2D eigenvalue weighted by Gasteiger charge is 2.46. The summed E-state index contributed by atoms with van der Waals surface area (Å²) in [5.41, 5.74) is 0.128. The van der Waals surface area contributed by atoms with Crippen LogP contribution < -0.4 is 14.8 Å². The van der Waals surface area contributed by atoms with Gasteiger partial charge in [-0.1, -0.05) is 30.3 Å². The molecule has 3 aromatic carbocycles. The number of amides is 1. The molecule has 3 aromatic rings. The number of halogens is 1. The van der Waals surface area contributed by atoms with Crippen molar-refractivity contribution in [1.82, 2.24) is 0 Å². The van der Waals surface area contributed by atoms with E-state index in [0.29, 0.717) is 5.75 Å². The van der Waals surface area contributed by atoms with Gasteiger partial charge in [-0.05, 0) is 30.3 Å². The van der Waals surface area contributed by atoms with Crippen LogP contribution in [-0.2, 0) is 14.3 Å². The van der Waals surface area contributed by atoms with Crippen molar-refractivity contribution in [2.75, 3.05) is 19.5 Å². The Labute approximate surface area is 199 Å². The summed E-state index contributed by atoms with van der Waals surface area (Å²) in [4.78, 5) is 52.3. The Bertz CT molecular complexity index is 1340. The number of ether oxygens (including phenoxy) is 3. The lowest BCUT2D eigenvalue weighted by molar-refractivity contribution is -0.138. The van der Waals surface area contributed by atoms with E-state index in [2.05, 4.69) is 5.32 Å². The van der Waals surface area contributed by atoms with E-state index < -0.39 is 46.8 Å². The maximum Gasteiger partial charge on any atom is 0.339 e. The lowest BCUT2D eigenvalue weighted by Crippen LogP contribution is -2.38. The number of fused-ring (bicyclic) bond motifs is 1. The van der Waals surface area contributed by atoms with Gasteiger partial charge in [0.2, 0.25) is 5.78 Å².